The van der Waals surface area contributed by atoms with Crippen molar-refractivity contribution in [2.24, 2.45) is 0 Å². The van der Waals surface area contributed by atoms with Crippen molar-refractivity contribution >= 4 is 15.9 Å². The van der Waals surface area contributed by atoms with Gasteiger partial charge < -0.3 is 0 Å². The first kappa shape index (κ1) is 18.7. The molecule has 28 heavy (non-hydrogen) atoms. The molecule has 0 radical (unpaired) electrons. The summed E-state index contributed by atoms with van der Waals surface area (Å²) in [6.45, 7) is 0. The minimum atomic E-state index is -0.184. The van der Waals surface area contributed by atoms with Gasteiger partial charge in [0.15, 0.2) is 0 Å². The van der Waals surface area contributed by atoms with E-state index in [1.165, 1.54) is 22.3 Å². The number of rotatable bonds is 6. The first-order valence-corrected chi connectivity index (χ1v) is 10.5. The molecule has 0 saturated heterocycles. The lowest BCUT2D eigenvalue weighted by atomic mass is 9.66. The monoisotopic (exact) mass is 426 g/mol. The van der Waals surface area contributed by atoms with Gasteiger partial charge >= 0.3 is 0 Å². The molecule has 0 aliphatic carbocycles. The predicted molar refractivity (Wildman–Crippen MR) is 122 cm³/mol. The van der Waals surface area contributed by atoms with Crippen molar-refractivity contribution in [2.75, 3.05) is 0 Å². The van der Waals surface area contributed by atoms with Crippen LogP contribution >= 0.6 is 15.9 Å². The van der Waals surface area contributed by atoms with E-state index >= 15 is 0 Å². The SMILES string of the molecule is Brc1ccc(CCC(c2ccccc2)(c2ccccc2)c2ccccc2)cc1. The summed E-state index contributed by atoms with van der Waals surface area (Å²) >= 11 is 3.55. The lowest BCUT2D eigenvalue weighted by Gasteiger charge is -2.36. The van der Waals surface area contributed by atoms with Crippen molar-refractivity contribution < 1.29 is 0 Å². The summed E-state index contributed by atoms with van der Waals surface area (Å²) in [5, 5.41) is 0. The Kier molecular flexibility index (Phi) is 5.73. The van der Waals surface area contributed by atoms with E-state index < -0.39 is 0 Å². The summed E-state index contributed by atoms with van der Waals surface area (Å²) in [6.07, 6.45) is 2.01. The summed E-state index contributed by atoms with van der Waals surface area (Å²) in [4.78, 5) is 0. The van der Waals surface area contributed by atoms with Gasteiger partial charge in [0.1, 0.15) is 0 Å². The zero-order chi connectivity index (χ0) is 19.2. The fourth-order valence-electron chi connectivity index (χ4n) is 4.08. The van der Waals surface area contributed by atoms with Crippen molar-refractivity contribution in [1.29, 1.82) is 0 Å². The van der Waals surface area contributed by atoms with E-state index in [2.05, 4.69) is 131 Å². The molecule has 0 spiro atoms. The molecule has 0 N–H and O–H groups in total. The average Bonchev–Trinajstić information content (AvgIpc) is 2.78. The summed E-state index contributed by atoms with van der Waals surface area (Å²) in [5.41, 5.74) is 5.19. The minimum absolute atomic E-state index is 0.184. The number of halogens is 1. The zero-order valence-electron chi connectivity index (χ0n) is 15.8. The number of benzene rings is 4. The van der Waals surface area contributed by atoms with Gasteiger partial charge in [0.05, 0.1) is 0 Å². The number of hydrogen-bond donors (Lipinski definition) is 0. The van der Waals surface area contributed by atoms with Gasteiger partial charge in [0.2, 0.25) is 0 Å². The first-order valence-electron chi connectivity index (χ1n) is 9.70. The molecule has 0 unspecified atom stereocenters. The van der Waals surface area contributed by atoms with E-state index in [1.54, 1.807) is 0 Å². The molecular formula is C27H23Br. The van der Waals surface area contributed by atoms with E-state index in [9.17, 15) is 0 Å². The predicted octanol–water partition coefficient (Wildman–Crippen LogP) is 7.42. The van der Waals surface area contributed by atoms with Crippen molar-refractivity contribution in [1.82, 2.24) is 0 Å². The lowest BCUT2D eigenvalue weighted by molar-refractivity contribution is 0.559. The second-order valence-corrected chi connectivity index (χ2v) is 8.05. The Morgan fingerprint density at radius 1 is 0.500 bits per heavy atom. The molecule has 0 heterocycles. The highest BCUT2D eigenvalue weighted by atomic mass is 79.9. The topological polar surface area (TPSA) is 0 Å². The summed E-state index contributed by atoms with van der Waals surface area (Å²) < 4.78 is 1.12. The van der Waals surface area contributed by atoms with E-state index in [4.69, 9.17) is 0 Å². The molecule has 0 bridgehead atoms. The summed E-state index contributed by atoms with van der Waals surface area (Å²) in [6, 6.07) is 41.5. The van der Waals surface area contributed by atoms with Gasteiger partial charge in [-0.1, -0.05) is 119 Å². The third kappa shape index (κ3) is 3.81. The standard InChI is InChI=1S/C27H23Br/c28-26-18-16-22(17-19-26)20-21-27(23-10-4-1-5-11-23,24-12-6-2-7-13-24)25-14-8-3-9-15-25/h1-19H,20-21H2. The maximum absolute atomic E-state index is 3.55. The minimum Gasteiger partial charge on any atom is -0.0622 e. The maximum atomic E-state index is 3.55. The largest absolute Gasteiger partial charge is 0.0622 e. The molecule has 0 aliphatic heterocycles. The van der Waals surface area contributed by atoms with E-state index in [0.717, 1.165) is 17.3 Å². The van der Waals surface area contributed by atoms with Gasteiger partial charge in [-0.3, -0.25) is 0 Å². The molecule has 0 aliphatic rings. The van der Waals surface area contributed by atoms with Crippen LogP contribution in [0.3, 0.4) is 0 Å². The molecule has 0 amide bonds. The van der Waals surface area contributed by atoms with E-state index in [-0.39, 0.29) is 5.41 Å². The van der Waals surface area contributed by atoms with Gasteiger partial charge in [-0.2, -0.15) is 0 Å². The van der Waals surface area contributed by atoms with Crippen molar-refractivity contribution in [3.63, 3.8) is 0 Å². The Labute approximate surface area is 176 Å². The lowest BCUT2D eigenvalue weighted by Crippen LogP contribution is -2.30. The Balaban J connectivity index is 1.86. The number of aryl methyl sites for hydroxylation is 1. The second-order valence-electron chi connectivity index (χ2n) is 7.13. The van der Waals surface area contributed by atoms with Crippen LogP contribution in [0.1, 0.15) is 28.7 Å². The van der Waals surface area contributed by atoms with Gasteiger partial charge in [-0.25, -0.2) is 0 Å². The molecule has 4 aromatic carbocycles. The van der Waals surface area contributed by atoms with Crippen LogP contribution in [0.4, 0.5) is 0 Å². The van der Waals surface area contributed by atoms with Crippen LogP contribution < -0.4 is 0 Å². The summed E-state index contributed by atoms with van der Waals surface area (Å²) in [7, 11) is 0. The van der Waals surface area contributed by atoms with E-state index in [1.807, 2.05) is 0 Å². The smallest absolute Gasteiger partial charge is 0.0454 e. The Bertz CT molecular complexity index is 894. The third-order valence-electron chi connectivity index (χ3n) is 5.50. The van der Waals surface area contributed by atoms with Gasteiger partial charge in [0, 0.05) is 9.89 Å². The van der Waals surface area contributed by atoms with Crippen molar-refractivity contribution in [3.05, 3.63) is 142 Å². The quantitative estimate of drug-likeness (QED) is 0.281. The number of hydrogen-bond acceptors (Lipinski definition) is 0. The molecular weight excluding hydrogens is 404 g/mol. The van der Waals surface area contributed by atoms with Crippen LogP contribution in [0.5, 0.6) is 0 Å². The van der Waals surface area contributed by atoms with Crippen LogP contribution in [0.15, 0.2) is 120 Å². The molecule has 138 valence electrons. The molecule has 1 heteroatoms. The van der Waals surface area contributed by atoms with Crippen molar-refractivity contribution in [3.8, 4) is 0 Å². The highest BCUT2D eigenvalue weighted by molar-refractivity contribution is 9.10. The molecule has 0 saturated carbocycles. The molecule has 4 aromatic rings. The molecule has 0 aromatic heterocycles. The first-order chi connectivity index (χ1) is 13.8. The highest BCUT2D eigenvalue weighted by Gasteiger charge is 2.35. The Morgan fingerprint density at radius 2 is 0.893 bits per heavy atom. The fourth-order valence-corrected chi connectivity index (χ4v) is 4.35. The molecule has 0 fully saturated rings. The van der Waals surface area contributed by atoms with Crippen LogP contribution in [0.25, 0.3) is 0 Å². The average molecular weight is 427 g/mol. The Hall–Kier alpha value is -2.64. The second kappa shape index (κ2) is 8.58. The van der Waals surface area contributed by atoms with E-state index in [0.29, 0.717) is 0 Å². The van der Waals surface area contributed by atoms with Gasteiger partial charge in [-0.05, 0) is 47.2 Å². The van der Waals surface area contributed by atoms with Crippen molar-refractivity contribution in [2.45, 2.75) is 18.3 Å². The van der Waals surface area contributed by atoms with Crippen LogP contribution in [0, 0.1) is 0 Å². The van der Waals surface area contributed by atoms with Crippen LogP contribution in [0.2, 0.25) is 0 Å². The zero-order valence-corrected chi connectivity index (χ0v) is 17.3. The van der Waals surface area contributed by atoms with Gasteiger partial charge in [0.25, 0.3) is 0 Å². The Morgan fingerprint density at radius 3 is 1.29 bits per heavy atom. The maximum Gasteiger partial charge on any atom is 0.0454 e. The van der Waals surface area contributed by atoms with Gasteiger partial charge in [-0.15, -0.1) is 0 Å². The normalized spacial score (nSPS) is 11.3. The van der Waals surface area contributed by atoms with Crippen LogP contribution in [-0.2, 0) is 11.8 Å². The molecule has 0 atom stereocenters. The third-order valence-corrected chi connectivity index (χ3v) is 6.03. The summed E-state index contributed by atoms with van der Waals surface area (Å²) in [5.74, 6) is 0. The molecule has 4 rings (SSSR count). The highest BCUT2D eigenvalue weighted by Crippen LogP contribution is 2.43. The van der Waals surface area contributed by atoms with Crippen LogP contribution in [-0.4, -0.2) is 0 Å². The fraction of sp³-hybridized carbons (Fsp3) is 0.111. The molecule has 0 nitrogen and oxygen atoms in total.